The maximum absolute atomic E-state index is 11.5. The SMILES string of the molecule is C[C@H](NS(C)(=O)=O)[C@H](c1cccs1)[NH+]1CC[NH+](C)CC1. The van der Waals surface area contributed by atoms with E-state index in [0.717, 1.165) is 26.2 Å². The molecule has 0 amide bonds. The fourth-order valence-corrected chi connectivity index (χ4v) is 4.78. The second-order valence-electron chi connectivity index (χ2n) is 5.79. The first kappa shape index (κ1) is 15.9. The van der Waals surface area contributed by atoms with Crippen molar-refractivity contribution in [2.24, 2.45) is 0 Å². The number of sulfonamides is 1. The van der Waals surface area contributed by atoms with Gasteiger partial charge in [-0.15, -0.1) is 11.3 Å². The summed E-state index contributed by atoms with van der Waals surface area (Å²) < 4.78 is 25.8. The minimum absolute atomic E-state index is 0.0861. The molecule has 1 saturated heterocycles. The lowest BCUT2D eigenvalue weighted by Gasteiger charge is -2.35. The first-order valence-electron chi connectivity index (χ1n) is 7.03. The van der Waals surface area contributed by atoms with Crippen LogP contribution in [-0.2, 0) is 10.0 Å². The Morgan fingerprint density at radius 1 is 1.30 bits per heavy atom. The number of thiophene rings is 1. The van der Waals surface area contributed by atoms with E-state index >= 15 is 0 Å². The molecule has 114 valence electrons. The number of quaternary nitrogens is 2. The van der Waals surface area contributed by atoms with Gasteiger partial charge in [0.05, 0.1) is 24.2 Å². The van der Waals surface area contributed by atoms with Gasteiger partial charge < -0.3 is 9.80 Å². The maximum Gasteiger partial charge on any atom is 0.209 e. The molecule has 0 bridgehead atoms. The second-order valence-corrected chi connectivity index (χ2v) is 8.55. The summed E-state index contributed by atoms with van der Waals surface area (Å²) in [6, 6.07) is 4.28. The van der Waals surface area contributed by atoms with Crippen LogP contribution in [0.4, 0.5) is 0 Å². The first-order valence-corrected chi connectivity index (χ1v) is 9.80. The van der Waals surface area contributed by atoms with E-state index < -0.39 is 10.0 Å². The van der Waals surface area contributed by atoms with Gasteiger partial charge in [0.1, 0.15) is 32.2 Å². The van der Waals surface area contributed by atoms with Crippen LogP contribution in [0.5, 0.6) is 0 Å². The predicted octanol–water partition coefficient (Wildman–Crippen LogP) is -1.86. The van der Waals surface area contributed by atoms with Crippen molar-refractivity contribution in [1.82, 2.24) is 4.72 Å². The Morgan fingerprint density at radius 2 is 1.95 bits per heavy atom. The van der Waals surface area contributed by atoms with Crippen molar-refractivity contribution in [1.29, 1.82) is 0 Å². The standard InChI is InChI=1S/C13H23N3O2S2/c1-11(14-20(3,17)18)13(12-5-4-10-19-12)16-8-6-15(2)7-9-16/h4-5,10-11,13-14H,6-9H2,1-3H3/p+2/t11-,13+/m0/s1. The van der Waals surface area contributed by atoms with Gasteiger partial charge >= 0.3 is 0 Å². The smallest absolute Gasteiger partial charge is 0.209 e. The average molecular weight is 319 g/mol. The van der Waals surface area contributed by atoms with Crippen LogP contribution in [0.3, 0.4) is 0 Å². The zero-order valence-corrected chi connectivity index (χ0v) is 14.0. The van der Waals surface area contributed by atoms with E-state index in [2.05, 4.69) is 23.2 Å². The molecule has 2 rings (SSSR count). The number of hydrogen-bond donors (Lipinski definition) is 3. The summed E-state index contributed by atoms with van der Waals surface area (Å²) >= 11 is 1.72. The molecule has 1 aromatic heterocycles. The van der Waals surface area contributed by atoms with Gasteiger partial charge in [-0.05, 0) is 18.4 Å². The molecule has 0 aromatic carbocycles. The van der Waals surface area contributed by atoms with Crippen LogP contribution in [-0.4, -0.2) is 53.9 Å². The number of rotatable bonds is 5. The van der Waals surface area contributed by atoms with Gasteiger partial charge in [-0.3, -0.25) is 0 Å². The molecule has 20 heavy (non-hydrogen) atoms. The normalized spacial score (nSPS) is 27.1. The van der Waals surface area contributed by atoms with Gasteiger partial charge in [0.15, 0.2) is 0 Å². The summed E-state index contributed by atoms with van der Waals surface area (Å²) in [7, 11) is -0.955. The number of piperazine rings is 1. The van der Waals surface area contributed by atoms with E-state index in [-0.39, 0.29) is 12.1 Å². The third-order valence-corrected chi connectivity index (χ3v) is 5.69. The zero-order valence-electron chi connectivity index (χ0n) is 12.3. The van der Waals surface area contributed by atoms with Crippen molar-refractivity contribution in [2.75, 3.05) is 39.5 Å². The highest BCUT2D eigenvalue weighted by molar-refractivity contribution is 7.88. The van der Waals surface area contributed by atoms with Crippen molar-refractivity contribution in [2.45, 2.75) is 19.0 Å². The van der Waals surface area contributed by atoms with Crippen molar-refractivity contribution >= 4 is 21.4 Å². The van der Waals surface area contributed by atoms with Crippen LogP contribution in [0.2, 0.25) is 0 Å². The average Bonchev–Trinajstić information content (AvgIpc) is 2.83. The topological polar surface area (TPSA) is 55.0 Å². The van der Waals surface area contributed by atoms with Crippen LogP contribution in [0.1, 0.15) is 17.8 Å². The first-order chi connectivity index (χ1) is 9.37. The van der Waals surface area contributed by atoms with Crippen LogP contribution in [0.15, 0.2) is 17.5 Å². The van der Waals surface area contributed by atoms with Crippen molar-refractivity contribution in [3.63, 3.8) is 0 Å². The van der Waals surface area contributed by atoms with Crippen molar-refractivity contribution in [3.8, 4) is 0 Å². The van der Waals surface area contributed by atoms with Gasteiger partial charge in [0, 0.05) is 0 Å². The van der Waals surface area contributed by atoms with Crippen LogP contribution in [0.25, 0.3) is 0 Å². The lowest BCUT2D eigenvalue weighted by atomic mass is 10.1. The van der Waals surface area contributed by atoms with E-state index in [9.17, 15) is 8.42 Å². The molecule has 5 nitrogen and oxygen atoms in total. The lowest BCUT2D eigenvalue weighted by Crippen LogP contribution is -3.27. The molecular weight excluding hydrogens is 294 g/mol. The molecule has 0 saturated carbocycles. The molecule has 1 aliphatic rings. The molecule has 0 unspecified atom stereocenters. The summed E-state index contributed by atoms with van der Waals surface area (Å²) in [6.07, 6.45) is 1.23. The number of hydrogen-bond acceptors (Lipinski definition) is 3. The predicted molar refractivity (Wildman–Crippen MR) is 81.8 cm³/mol. The van der Waals surface area contributed by atoms with E-state index in [1.165, 1.54) is 16.0 Å². The number of nitrogens with one attached hydrogen (secondary N) is 3. The molecule has 2 atom stereocenters. The molecule has 0 spiro atoms. The summed E-state index contributed by atoms with van der Waals surface area (Å²) in [5, 5.41) is 2.07. The van der Waals surface area contributed by atoms with Crippen LogP contribution < -0.4 is 14.5 Å². The van der Waals surface area contributed by atoms with Gasteiger partial charge in [-0.25, -0.2) is 13.1 Å². The molecule has 2 heterocycles. The van der Waals surface area contributed by atoms with Gasteiger partial charge in [0.25, 0.3) is 0 Å². The van der Waals surface area contributed by atoms with Crippen molar-refractivity contribution < 1.29 is 18.2 Å². The Hall–Kier alpha value is -0.470. The highest BCUT2D eigenvalue weighted by Crippen LogP contribution is 2.20. The van der Waals surface area contributed by atoms with E-state index in [1.54, 1.807) is 16.2 Å². The van der Waals surface area contributed by atoms with Gasteiger partial charge in [-0.2, -0.15) is 0 Å². The summed E-state index contributed by atoms with van der Waals surface area (Å²) in [4.78, 5) is 4.31. The van der Waals surface area contributed by atoms with Crippen molar-refractivity contribution in [3.05, 3.63) is 22.4 Å². The van der Waals surface area contributed by atoms with E-state index in [0.29, 0.717) is 0 Å². The van der Waals surface area contributed by atoms with Gasteiger partial charge in [-0.1, -0.05) is 6.07 Å². The Labute approximate surface area is 125 Å². The Morgan fingerprint density at radius 3 is 2.45 bits per heavy atom. The largest absolute Gasteiger partial charge is 0.328 e. The summed E-state index contributed by atoms with van der Waals surface area (Å²) in [5.41, 5.74) is 0. The van der Waals surface area contributed by atoms with Gasteiger partial charge in [0.2, 0.25) is 10.0 Å². The molecule has 3 N–H and O–H groups in total. The number of likely N-dealkylation sites (N-methyl/N-ethyl adjacent to an activating group) is 1. The molecule has 1 fully saturated rings. The molecule has 7 heteroatoms. The molecule has 1 aliphatic heterocycles. The highest BCUT2D eigenvalue weighted by atomic mass is 32.2. The zero-order chi connectivity index (χ0) is 14.8. The Kier molecular flexibility index (Phi) is 5.19. The third kappa shape index (κ3) is 4.26. The second kappa shape index (κ2) is 6.53. The minimum Gasteiger partial charge on any atom is -0.328 e. The lowest BCUT2D eigenvalue weighted by molar-refractivity contribution is -1.02. The third-order valence-electron chi connectivity index (χ3n) is 3.94. The Bertz CT molecular complexity index is 508. The summed E-state index contributed by atoms with van der Waals surface area (Å²) in [6.45, 7) is 6.43. The fraction of sp³-hybridized carbons (Fsp3) is 0.692. The monoisotopic (exact) mass is 319 g/mol. The Balaban J connectivity index is 2.17. The van der Waals surface area contributed by atoms with Crippen LogP contribution >= 0.6 is 11.3 Å². The molecule has 1 aromatic rings. The fourth-order valence-electron chi connectivity index (χ4n) is 2.98. The maximum atomic E-state index is 11.5. The molecule has 0 aliphatic carbocycles. The highest BCUT2D eigenvalue weighted by Gasteiger charge is 2.35. The van der Waals surface area contributed by atoms with Crippen LogP contribution in [0, 0.1) is 0 Å². The molecule has 0 radical (unpaired) electrons. The van der Waals surface area contributed by atoms with E-state index in [1.807, 2.05) is 13.0 Å². The minimum atomic E-state index is -3.17. The van der Waals surface area contributed by atoms with E-state index in [4.69, 9.17) is 0 Å². The summed E-state index contributed by atoms with van der Waals surface area (Å²) in [5.74, 6) is 0. The quantitative estimate of drug-likeness (QED) is 0.596. The molecular formula is C13H25N3O2S2+2.